The minimum atomic E-state index is -3.67. The van der Waals surface area contributed by atoms with Crippen LogP contribution in [0.5, 0.6) is 5.75 Å². The number of nitrogens with one attached hydrogen (secondary N) is 1. The summed E-state index contributed by atoms with van der Waals surface area (Å²) < 4.78 is 32.2. The van der Waals surface area contributed by atoms with Crippen LogP contribution in [0, 0.1) is 0 Å². The molecule has 0 aliphatic heterocycles. The molecule has 0 aromatic heterocycles. The first-order chi connectivity index (χ1) is 9.92. The summed E-state index contributed by atoms with van der Waals surface area (Å²) in [7, 11) is -0.443. The number of rotatable bonds is 5. The topological polar surface area (TPSA) is 75.7 Å². The molecule has 0 bridgehead atoms. The first-order valence-electron chi connectivity index (χ1n) is 6.59. The van der Waals surface area contributed by atoms with Crippen molar-refractivity contribution < 1.29 is 17.9 Å². The van der Waals surface area contributed by atoms with Gasteiger partial charge >= 0.3 is 0 Å². The average Bonchev–Trinajstić information content (AvgIpc) is 2.33. The van der Waals surface area contributed by atoms with E-state index in [1.54, 1.807) is 34.9 Å². The quantitative estimate of drug-likeness (QED) is 0.881. The van der Waals surface area contributed by atoms with Gasteiger partial charge in [0.25, 0.3) is 5.91 Å². The van der Waals surface area contributed by atoms with Gasteiger partial charge in [-0.25, -0.2) is 13.1 Å². The van der Waals surface area contributed by atoms with Crippen molar-refractivity contribution in [1.82, 2.24) is 9.62 Å². The second kappa shape index (κ2) is 6.85. The Bertz CT molecular complexity index is 651. The molecular weight excluding hydrogens is 328 g/mol. The number of amides is 1. The van der Waals surface area contributed by atoms with Crippen molar-refractivity contribution in [1.29, 1.82) is 0 Å². The first kappa shape index (κ1) is 18.7. The third-order valence-corrected chi connectivity index (χ3v) is 4.56. The van der Waals surface area contributed by atoms with Gasteiger partial charge in [-0.1, -0.05) is 11.6 Å². The molecule has 0 atom stereocenters. The highest BCUT2D eigenvalue weighted by molar-refractivity contribution is 7.89. The molecule has 0 radical (unpaired) electrons. The van der Waals surface area contributed by atoms with Gasteiger partial charge in [-0.05, 0) is 39.0 Å². The molecule has 8 heteroatoms. The third-order valence-electron chi connectivity index (χ3n) is 2.50. The van der Waals surface area contributed by atoms with Gasteiger partial charge < -0.3 is 9.64 Å². The fourth-order valence-corrected chi connectivity index (χ4v) is 3.24. The van der Waals surface area contributed by atoms with Crippen LogP contribution in [-0.4, -0.2) is 45.5 Å². The lowest BCUT2D eigenvalue weighted by molar-refractivity contribution is -0.130. The molecule has 0 saturated heterocycles. The highest BCUT2D eigenvalue weighted by Crippen LogP contribution is 2.27. The van der Waals surface area contributed by atoms with E-state index in [4.69, 9.17) is 16.3 Å². The van der Waals surface area contributed by atoms with Crippen LogP contribution in [0.4, 0.5) is 0 Å². The number of likely N-dealkylation sites (N-methyl/N-ethyl adjacent to an activating group) is 1. The van der Waals surface area contributed by atoms with Gasteiger partial charge in [-0.15, -0.1) is 0 Å². The van der Waals surface area contributed by atoms with Crippen molar-refractivity contribution in [2.75, 3.05) is 20.7 Å². The van der Waals surface area contributed by atoms with E-state index in [1.807, 2.05) is 0 Å². The molecule has 0 saturated carbocycles. The Morgan fingerprint density at radius 1 is 1.32 bits per heavy atom. The summed E-state index contributed by atoms with van der Waals surface area (Å²) in [5, 5.41) is 0.128. The number of benzene rings is 1. The summed E-state index contributed by atoms with van der Waals surface area (Å²) in [4.78, 5) is 12.9. The Balaban J connectivity index is 2.92. The normalized spacial score (nSPS) is 12.1. The third kappa shape index (κ3) is 5.47. The Morgan fingerprint density at radius 3 is 2.36 bits per heavy atom. The van der Waals surface area contributed by atoms with Gasteiger partial charge in [0.2, 0.25) is 10.0 Å². The van der Waals surface area contributed by atoms with Crippen LogP contribution in [0.3, 0.4) is 0 Å². The van der Waals surface area contributed by atoms with E-state index in [0.717, 1.165) is 0 Å². The molecule has 0 aliphatic carbocycles. The molecule has 22 heavy (non-hydrogen) atoms. The Hall–Kier alpha value is -1.31. The number of hydrogen-bond donors (Lipinski definition) is 1. The summed E-state index contributed by atoms with van der Waals surface area (Å²) >= 11 is 6.03. The van der Waals surface area contributed by atoms with Crippen LogP contribution in [0.25, 0.3) is 0 Å². The van der Waals surface area contributed by atoms with E-state index < -0.39 is 15.6 Å². The molecule has 0 heterocycles. The predicted octanol–water partition coefficient (Wildman–Crippen LogP) is 1.88. The largest absolute Gasteiger partial charge is 0.482 e. The summed E-state index contributed by atoms with van der Waals surface area (Å²) in [5.74, 6) is 0.0359. The maximum atomic E-state index is 12.2. The molecule has 0 spiro atoms. The Kier molecular flexibility index (Phi) is 5.83. The zero-order valence-corrected chi connectivity index (χ0v) is 14.9. The van der Waals surface area contributed by atoms with Gasteiger partial charge in [-0.3, -0.25) is 4.79 Å². The maximum Gasteiger partial charge on any atom is 0.259 e. The molecule has 0 aliphatic rings. The fourth-order valence-electron chi connectivity index (χ4n) is 1.50. The van der Waals surface area contributed by atoms with Crippen LogP contribution < -0.4 is 9.46 Å². The zero-order chi connectivity index (χ0) is 17.1. The van der Waals surface area contributed by atoms with Crippen molar-refractivity contribution in [2.45, 2.75) is 31.2 Å². The summed E-state index contributed by atoms with van der Waals surface area (Å²) in [6.07, 6.45) is 0. The van der Waals surface area contributed by atoms with Crippen molar-refractivity contribution in [3.63, 3.8) is 0 Å². The minimum Gasteiger partial charge on any atom is -0.482 e. The maximum absolute atomic E-state index is 12.2. The molecule has 1 aromatic carbocycles. The van der Waals surface area contributed by atoms with Crippen molar-refractivity contribution >= 4 is 27.5 Å². The fraction of sp³-hybridized carbons (Fsp3) is 0.500. The van der Waals surface area contributed by atoms with Crippen molar-refractivity contribution in [3.05, 3.63) is 23.2 Å². The van der Waals surface area contributed by atoms with Crippen LogP contribution in [0.2, 0.25) is 5.02 Å². The van der Waals surface area contributed by atoms with Gasteiger partial charge in [0.15, 0.2) is 6.61 Å². The van der Waals surface area contributed by atoms with Crippen LogP contribution in [-0.2, 0) is 14.8 Å². The van der Waals surface area contributed by atoms with E-state index >= 15 is 0 Å². The summed E-state index contributed by atoms with van der Waals surface area (Å²) in [5.41, 5.74) is -0.599. The van der Waals surface area contributed by atoms with Gasteiger partial charge in [0.1, 0.15) is 5.75 Å². The number of halogens is 1. The van der Waals surface area contributed by atoms with Crippen LogP contribution in [0.15, 0.2) is 23.1 Å². The Labute approximate surface area is 136 Å². The van der Waals surface area contributed by atoms with Gasteiger partial charge in [0.05, 0.1) is 9.92 Å². The molecule has 0 unspecified atom stereocenters. The van der Waals surface area contributed by atoms with E-state index in [9.17, 15) is 13.2 Å². The average molecular weight is 349 g/mol. The second-order valence-corrected chi connectivity index (χ2v) is 8.11. The summed E-state index contributed by atoms with van der Waals surface area (Å²) in [6.45, 7) is 5.07. The number of hydrogen-bond acceptors (Lipinski definition) is 4. The van der Waals surface area contributed by atoms with Crippen molar-refractivity contribution in [2.24, 2.45) is 0 Å². The number of ether oxygens (including phenoxy) is 1. The van der Waals surface area contributed by atoms with Crippen LogP contribution in [0.1, 0.15) is 20.8 Å². The number of nitrogens with zero attached hydrogens (tertiary/aromatic N) is 1. The van der Waals surface area contributed by atoms with E-state index in [1.165, 1.54) is 23.1 Å². The highest BCUT2D eigenvalue weighted by Gasteiger charge is 2.23. The SMILES string of the molecule is CN(C)C(=O)COc1ccc(S(=O)(=O)NC(C)(C)C)cc1Cl. The highest BCUT2D eigenvalue weighted by atomic mass is 35.5. The smallest absolute Gasteiger partial charge is 0.259 e. The Morgan fingerprint density at radius 2 is 1.91 bits per heavy atom. The number of sulfonamides is 1. The van der Waals surface area contributed by atoms with Crippen LogP contribution >= 0.6 is 11.6 Å². The van der Waals surface area contributed by atoms with Gasteiger partial charge in [-0.2, -0.15) is 0 Å². The summed E-state index contributed by atoms with van der Waals surface area (Å²) in [6, 6.07) is 4.11. The zero-order valence-electron chi connectivity index (χ0n) is 13.3. The molecule has 124 valence electrons. The van der Waals surface area contributed by atoms with E-state index in [2.05, 4.69) is 4.72 Å². The molecule has 6 nitrogen and oxygen atoms in total. The predicted molar refractivity (Wildman–Crippen MR) is 85.7 cm³/mol. The molecule has 1 rings (SSSR count). The standard InChI is InChI=1S/C14H21ClN2O4S/c1-14(2,3)16-22(19,20)10-6-7-12(11(15)8-10)21-9-13(18)17(4)5/h6-8,16H,9H2,1-5H3. The molecular formula is C14H21ClN2O4S. The monoisotopic (exact) mass is 348 g/mol. The molecule has 0 fully saturated rings. The van der Waals surface area contributed by atoms with E-state index in [0.29, 0.717) is 0 Å². The lowest BCUT2D eigenvalue weighted by Gasteiger charge is -2.20. The first-order valence-corrected chi connectivity index (χ1v) is 8.45. The number of carbonyl (C=O) groups is 1. The van der Waals surface area contributed by atoms with Crippen molar-refractivity contribution in [3.8, 4) is 5.75 Å². The molecule has 1 aromatic rings. The molecule has 1 N–H and O–H groups in total. The molecule has 1 amide bonds. The van der Waals surface area contributed by atoms with E-state index in [-0.39, 0.29) is 28.2 Å². The lowest BCUT2D eigenvalue weighted by Crippen LogP contribution is -2.40. The number of carbonyl (C=O) groups excluding carboxylic acids is 1. The second-order valence-electron chi connectivity index (χ2n) is 6.02. The lowest BCUT2D eigenvalue weighted by atomic mass is 10.1. The minimum absolute atomic E-state index is 0.0405. The van der Waals surface area contributed by atoms with Gasteiger partial charge in [0, 0.05) is 19.6 Å².